The molecule has 152 valence electrons. The van der Waals surface area contributed by atoms with E-state index in [2.05, 4.69) is 10.3 Å². The van der Waals surface area contributed by atoms with Crippen molar-refractivity contribution in [1.29, 1.82) is 0 Å². The maximum atomic E-state index is 12.9. The first kappa shape index (κ1) is 19.3. The summed E-state index contributed by atoms with van der Waals surface area (Å²) in [7, 11) is 3.61. The minimum Gasteiger partial charge on any atom is -0.338 e. The Bertz CT molecular complexity index is 986. The molecule has 29 heavy (non-hydrogen) atoms. The van der Waals surface area contributed by atoms with Gasteiger partial charge in [0.15, 0.2) is 0 Å². The second kappa shape index (κ2) is 7.79. The summed E-state index contributed by atoms with van der Waals surface area (Å²) < 4.78 is 1.77. The lowest BCUT2D eigenvalue weighted by atomic mass is 9.83. The van der Waals surface area contributed by atoms with E-state index in [1.807, 2.05) is 11.0 Å². The first-order valence-electron chi connectivity index (χ1n) is 9.80. The van der Waals surface area contributed by atoms with Crippen molar-refractivity contribution in [3.63, 3.8) is 0 Å². The van der Waals surface area contributed by atoms with Crippen molar-refractivity contribution in [1.82, 2.24) is 19.4 Å². The number of carbonyl (C=O) groups is 2. The molecule has 0 aromatic carbocycles. The first-order chi connectivity index (χ1) is 13.9. The number of likely N-dealkylation sites (tertiary alicyclic amines) is 1. The molecule has 8 nitrogen and oxygen atoms in total. The maximum absolute atomic E-state index is 12.9. The molecule has 0 radical (unpaired) electrons. The van der Waals surface area contributed by atoms with E-state index in [0.29, 0.717) is 30.9 Å². The van der Waals surface area contributed by atoms with Crippen LogP contribution in [0.4, 0.5) is 5.69 Å². The van der Waals surface area contributed by atoms with Crippen molar-refractivity contribution in [2.75, 3.05) is 39.0 Å². The zero-order valence-electron chi connectivity index (χ0n) is 16.7. The molecule has 1 fully saturated rings. The quantitative estimate of drug-likeness (QED) is 0.835. The minimum atomic E-state index is -0.211. The fourth-order valence-electron chi connectivity index (χ4n) is 4.36. The van der Waals surface area contributed by atoms with E-state index in [1.165, 1.54) is 0 Å². The molecule has 1 N–H and O–H groups in total. The number of likely N-dealkylation sites (N-methyl/N-ethyl adjacent to an activating group) is 1. The highest BCUT2D eigenvalue weighted by molar-refractivity contribution is 5.94. The van der Waals surface area contributed by atoms with E-state index in [1.54, 1.807) is 54.2 Å². The molecule has 2 amide bonds. The third kappa shape index (κ3) is 3.93. The van der Waals surface area contributed by atoms with Gasteiger partial charge < -0.3 is 19.7 Å². The molecule has 2 atom stereocenters. The average molecular weight is 395 g/mol. The third-order valence-corrected chi connectivity index (χ3v) is 5.53. The van der Waals surface area contributed by atoms with Crippen LogP contribution in [0.25, 0.3) is 0 Å². The summed E-state index contributed by atoms with van der Waals surface area (Å²) in [5.41, 5.74) is 1.66. The van der Waals surface area contributed by atoms with Crippen LogP contribution in [-0.2, 0) is 11.3 Å². The van der Waals surface area contributed by atoms with Gasteiger partial charge in [0, 0.05) is 43.6 Å². The van der Waals surface area contributed by atoms with Crippen molar-refractivity contribution in [2.24, 2.45) is 5.92 Å². The second-order valence-corrected chi connectivity index (χ2v) is 8.12. The number of pyridine rings is 2. The number of aromatic nitrogens is 2. The zero-order valence-corrected chi connectivity index (χ0v) is 16.7. The molecule has 0 spiro atoms. The summed E-state index contributed by atoms with van der Waals surface area (Å²) >= 11 is 0. The highest BCUT2D eigenvalue weighted by Crippen LogP contribution is 2.35. The highest BCUT2D eigenvalue weighted by atomic mass is 16.2. The van der Waals surface area contributed by atoms with Crippen molar-refractivity contribution >= 4 is 17.5 Å². The zero-order chi connectivity index (χ0) is 20.5. The van der Waals surface area contributed by atoms with E-state index in [4.69, 9.17) is 0 Å². The lowest BCUT2D eigenvalue weighted by Gasteiger charge is -2.42. The number of nitrogens with zero attached hydrogens (tertiary/aromatic N) is 4. The van der Waals surface area contributed by atoms with Crippen molar-refractivity contribution in [3.8, 4) is 0 Å². The van der Waals surface area contributed by atoms with Crippen LogP contribution in [0.3, 0.4) is 0 Å². The lowest BCUT2D eigenvalue weighted by Crippen LogP contribution is -2.49. The van der Waals surface area contributed by atoms with Gasteiger partial charge in [0.25, 0.3) is 11.5 Å². The van der Waals surface area contributed by atoms with Gasteiger partial charge in [0.1, 0.15) is 5.69 Å². The van der Waals surface area contributed by atoms with Crippen LogP contribution in [0.2, 0.25) is 0 Å². The predicted molar refractivity (Wildman–Crippen MR) is 109 cm³/mol. The summed E-state index contributed by atoms with van der Waals surface area (Å²) in [6.45, 7) is 1.97. The molecule has 2 bridgehead atoms. The molecule has 2 aromatic heterocycles. The maximum Gasteiger partial charge on any atom is 0.274 e. The summed E-state index contributed by atoms with van der Waals surface area (Å²) in [6, 6.07) is 7.13. The molecule has 2 aromatic rings. The van der Waals surface area contributed by atoms with Gasteiger partial charge >= 0.3 is 0 Å². The van der Waals surface area contributed by atoms with E-state index in [-0.39, 0.29) is 35.8 Å². The summed E-state index contributed by atoms with van der Waals surface area (Å²) in [4.78, 5) is 45.5. The normalized spacial score (nSPS) is 20.3. The fraction of sp³-hybridized carbons (Fsp3) is 0.429. The number of amides is 2. The predicted octanol–water partition coefficient (Wildman–Crippen LogP) is 1.00. The summed E-state index contributed by atoms with van der Waals surface area (Å²) in [5.74, 6) is 0.0997. The lowest BCUT2D eigenvalue weighted by molar-refractivity contribution is -0.116. The number of fused-ring (bicyclic) bond motifs is 4. The molecule has 4 rings (SSSR count). The van der Waals surface area contributed by atoms with Crippen molar-refractivity contribution in [2.45, 2.75) is 18.9 Å². The largest absolute Gasteiger partial charge is 0.338 e. The molecule has 1 saturated heterocycles. The molecule has 4 heterocycles. The van der Waals surface area contributed by atoms with Gasteiger partial charge in [0.2, 0.25) is 5.91 Å². The molecule has 8 heteroatoms. The standard InChI is InChI=1S/C21H25N5O3/c1-24(2)13-19(27)23-17-5-6-18-16-8-14(11-26(18)21(17)29)10-25(12-16)20(28)15-4-3-7-22-9-15/h3-7,9,14,16H,8,10-13H2,1-2H3,(H,23,27). The Morgan fingerprint density at radius 1 is 1.21 bits per heavy atom. The molecule has 0 aliphatic carbocycles. The van der Waals surface area contributed by atoms with Crippen LogP contribution in [0.5, 0.6) is 0 Å². The molecule has 0 saturated carbocycles. The Labute approximate surface area is 169 Å². The number of anilines is 1. The molecule has 2 aliphatic rings. The Morgan fingerprint density at radius 2 is 2.03 bits per heavy atom. The number of hydrogen-bond donors (Lipinski definition) is 1. The van der Waals surface area contributed by atoms with Crippen molar-refractivity contribution in [3.05, 3.63) is 58.3 Å². The SMILES string of the molecule is CN(C)CC(=O)Nc1ccc2n(c1=O)CC1CC2CN(C(=O)c2cccnc2)C1. The van der Waals surface area contributed by atoms with Gasteiger partial charge in [-0.3, -0.25) is 19.4 Å². The van der Waals surface area contributed by atoms with E-state index >= 15 is 0 Å². The molecule has 2 unspecified atom stereocenters. The van der Waals surface area contributed by atoms with Crippen molar-refractivity contribution < 1.29 is 9.59 Å². The topological polar surface area (TPSA) is 87.5 Å². The van der Waals surface area contributed by atoms with Crippen LogP contribution in [0.1, 0.15) is 28.4 Å². The number of piperidine rings is 1. The summed E-state index contributed by atoms with van der Waals surface area (Å²) in [5, 5.41) is 2.72. The van der Waals surface area contributed by atoms with E-state index < -0.39 is 0 Å². The Balaban J connectivity index is 1.55. The van der Waals surface area contributed by atoms with Crippen LogP contribution >= 0.6 is 0 Å². The fourth-order valence-corrected chi connectivity index (χ4v) is 4.36. The van der Waals surface area contributed by atoms with Crippen LogP contribution in [-0.4, -0.2) is 64.9 Å². The number of hydrogen-bond acceptors (Lipinski definition) is 5. The Morgan fingerprint density at radius 3 is 2.76 bits per heavy atom. The highest BCUT2D eigenvalue weighted by Gasteiger charge is 2.37. The van der Waals surface area contributed by atoms with Gasteiger partial charge in [0.05, 0.1) is 12.1 Å². The van der Waals surface area contributed by atoms with Gasteiger partial charge in [-0.05, 0) is 50.7 Å². The molecular formula is C21H25N5O3. The number of nitrogens with one attached hydrogen (secondary N) is 1. The van der Waals surface area contributed by atoms with Gasteiger partial charge in [-0.25, -0.2) is 0 Å². The van der Waals surface area contributed by atoms with E-state index in [9.17, 15) is 14.4 Å². The third-order valence-electron chi connectivity index (χ3n) is 5.53. The number of carbonyl (C=O) groups excluding carboxylic acids is 2. The van der Waals surface area contributed by atoms with Crippen LogP contribution in [0, 0.1) is 5.92 Å². The molecule has 2 aliphatic heterocycles. The minimum absolute atomic E-state index is 0.0174. The van der Waals surface area contributed by atoms with Gasteiger partial charge in [-0.2, -0.15) is 0 Å². The monoisotopic (exact) mass is 395 g/mol. The summed E-state index contributed by atoms with van der Waals surface area (Å²) in [6.07, 6.45) is 4.20. The second-order valence-electron chi connectivity index (χ2n) is 8.12. The average Bonchev–Trinajstić information content (AvgIpc) is 2.70. The van der Waals surface area contributed by atoms with Gasteiger partial charge in [-0.15, -0.1) is 0 Å². The van der Waals surface area contributed by atoms with Crippen LogP contribution in [0.15, 0.2) is 41.5 Å². The Kier molecular flexibility index (Phi) is 5.19. The first-order valence-corrected chi connectivity index (χ1v) is 9.80. The Hall–Kier alpha value is -3.00. The van der Waals surface area contributed by atoms with Crippen LogP contribution < -0.4 is 10.9 Å². The smallest absolute Gasteiger partial charge is 0.274 e. The van der Waals surface area contributed by atoms with Gasteiger partial charge in [-0.1, -0.05) is 0 Å². The van der Waals surface area contributed by atoms with E-state index in [0.717, 1.165) is 12.1 Å². The number of rotatable bonds is 4. The molecular weight excluding hydrogens is 370 g/mol.